The van der Waals surface area contributed by atoms with Crippen LogP contribution in [0.5, 0.6) is 0 Å². The van der Waals surface area contributed by atoms with E-state index in [0.717, 1.165) is 71.3 Å². The molecule has 0 N–H and O–H groups in total. The summed E-state index contributed by atoms with van der Waals surface area (Å²) in [6.45, 7) is 8.00. The molecule has 36 heavy (non-hydrogen) atoms. The molecule has 0 bridgehead atoms. The van der Waals surface area contributed by atoms with Crippen LogP contribution in [0.1, 0.15) is 44.2 Å². The Bertz CT molecular complexity index is 1410. The van der Waals surface area contributed by atoms with Crippen molar-refractivity contribution in [2.45, 2.75) is 45.6 Å². The zero-order valence-corrected chi connectivity index (χ0v) is 21.2. The van der Waals surface area contributed by atoms with Crippen molar-refractivity contribution in [1.29, 1.82) is 0 Å². The molecule has 6 nitrogen and oxygen atoms in total. The second-order valence-electron chi connectivity index (χ2n) is 11.1. The Morgan fingerprint density at radius 1 is 1.06 bits per heavy atom. The van der Waals surface area contributed by atoms with Crippen LogP contribution in [-0.2, 0) is 9.59 Å². The van der Waals surface area contributed by atoms with Crippen molar-refractivity contribution in [3.63, 3.8) is 0 Å². The van der Waals surface area contributed by atoms with E-state index in [1.165, 1.54) is 0 Å². The zero-order valence-electron chi connectivity index (χ0n) is 21.2. The van der Waals surface area contributed by atoms with E-state index >= 15 is 0 Å². The second kappa shape index (κ2) is 8.54. The molecule has 2 fully saturated rings. The van der Waals surface area contributed by atoms with Gasteiger partial charge < -0.3 is 4.90 Å². The van der Waals surface area contributed by atoms with Crippen molar-refractivity contribution >= 4 is 28.6 Å². The number of pyridine rings is 1. The lowest BCUT2D eigenvalue weighted by atomic mass is 9.98. The Balaban J connectivity index is 1.26. The van der Waals surface area contributed by atoms with Gasteiger partial charge in [-0.25, -0.2) is 0 Å². The van der Waals surface area contributed by atoms with Gasteiger partial charge in [0.05, 0.1) is 5.52 Å². The number of likely N-dealkylation sites (tertiary alicyclic amines) is 1. The fraction of sp³-hybridized carbons (Fsp3) is 0.400. The molecule has 3 aliphatic rings. The highest BCUT2D eigenvalue weighted by Gasteiger charge is 2.44. The predicted molar refractivity (Wildman–Crippen MR) is 142 cm³/mol. The van der Waals surface area contributed by atoms with E-state index in [9.17, 15) is 9.59 Å². The molecule has 3 heterocycles. The third-order valence-electron chi connectivity index (χ3n) is 7.78. The highest BCUT2D eigenvalue weighted by molar-refractivity contribution is 6.15. The number of hydrogen-bond acceptors (Lipinski definition) is 4. The Morgan fingerprint density at radius 2 is 1.83 bits per heavy atom. The summed E-state index contributed by atoms with van der Waals surface area (Å²) in [4.78, 5) is 39.2. The normalized spacial score (nSPS) is 21.4. The second-order valence-corrected chi connectivity index (χ2v) is 11.1. The SMILES string of the molecule is Cc1cc(-c2ccc3cccnc3c2)ccc1C1=NC(C)(C)C(=O)N1CC1CCN(C(=O)C2CC2)C1. The minimum atomic E-state index is -0.785. The van der Waals surface area contributed by atoms with Gasteiger partial charge >= 0.3 is 0 Å². The number of nitrogens with zero attached hydrogens (tertiary/aromatic N) is 4. The maximum Gasteiger partial charge on any atom is 0.255 e. The predicted octanol–water partition coefficient (Wildman–Crippen LogP) is 4.84. The van der Waals surface area contributed by atoms with E-state index in [2.05, 4.69) is 54.4 Å². The molecule has 2 amide bonds. The number of aryl methyl sites for hydroxylation is 1. The van der Waals surface area contributed by atoms with Gasteiger partial charge in [-0.15, -0.1) is 0 Å². The van der Waals surface area contributed by atoms with Crippen molar-refractivity contribution < 1.29 is 9.59 Å². The molecule has 2 aliphatic heterocycles. The van der Waals surface area contributed by atoms with E-state index in [1.807, 2.05) is 35.9 Å². The topological polar surface area (TPSA) is 65.9 Å². The quantitative estimate of drug-likeness (QED) is 0.525. The van der Waals surface area contributed by atoms with E-state index < -0.39 is 5.54 Å². The molecule has 1 unspecified atom stereocenters. The van der Waals surface area contributed by atoms with Gasteiger partial charge in [0.2, 0.25) is 5.91 Å². The maximum absolute atomic E-state index is 13.4. The third-order valence-corrected chi connectivity index (χ3v) is 7.78. The molecular formula is C30H32N4O2. The molecule has 0 spiro atoms. The number of amidine groups is 1. The summed E-state index contributed by atoms with van der Waals surface area (Å²) in [7, 11) is 0. The number of rotatable bonds is 5. The molecule has 0 radical (unpaired) electrons. The number of amides is 2. The number of hydrogen-bond donors (Lipinski definition) is 0. The number of aromatic nitrogens is 1. The van der Waals surface area contributed by atoms with Crippen molar-refractivity contribution in [2.24, 2.45) is 16.8 Å². The Morgan fingerprint density at radius 3 is 2.61 bits per heavy atom. The van der Waals surface area contributed by atoms with Crippen molar-refractivity contribution in [2.75, 3.05) is 19.6 Å². The Hall–Kier alpha value is -3.54. The molecule has 1 aromatic heterocycles. The van der Waals surface area contributed by atoms with Gasteiger partial charge in [0.25, 0.3) is 5.91 Å². The molecule has 1 saturated heterocycles. The van der Waals surface area contributed by atoms with Crippen LogP contribution in [0.15, 0.2) is 59.7 Å². The van der Waals surface area contributed by atoms with Gasteiger partial charge in [-0.2, -0.15) is 0 Å². The van der Waals surface area contributed by atoms with E-state index in [-0.39, 0.29) is 17.7 Å². The lowest BCUT2D eigenvalue weighted by Gasteiger charge is -2.25. The zero-order chi connectivity index (χ0) is 25.0. The van der Waals surface area contributed by atoms with Crippen LogP contribution in [-0.4, -0.2) is 57.6 Å². The monoisotopic (exact) mass is 480 g/mol. The lowest BCUT2D eigenvalue weighted by molar-refractivity contribution is -0.131. The standard InChI is InChI=1S/C30H32N4O2/c1-19-15-23(24-9-6-21-5-4-13-31-26(21)16-24)10-11-25(19)27-32-30(2,3)29(36)34(27)18-20-12-14-33(17-20)28(35)22-7-8-22/h4-6,9-11,13,15-16,20,22H,7-8,12,14,17-18H2,1-3H3. The lowest BCUT2D eigenvalue weighted by Crippen LogP contribution is -2.43. The molecule has 3 aromatic rings. The van der Waals surface area contributed by atoms with E-state index in [0.29, 0.717) is 12.5 Å². The Kier molecular flexibility index (Phi) is 5.43. The molecule has 2 aromatic carbocycles. The molecule has 1 atom stereocenters. The summed E-state index contributed by atoms with van der Waals surface area (Å²) < 4.78 is 0. The molecule has 1 saturated carbocycles. The fourth-order valence-electron chi connectivity index (χ4n) is 5.54. The number of benzene rings is 2. The van der Waals surface area contributed by atoms with Gasteiger partial charge in [0, 0.05) is 42.7 Å². The molecule has 184 valence electrons. The van der Waals surface area contributed by atoms with Gasteiger partial charge in [-0.3, -0.25) is 24.5 Å². The van der Waals surface area contributed by atoms with Crippen molar-refractivity contribution in [1.82, 2.24) is 14.8 Å². The van der Waals surface area contributed by atoms with Crippen LogP contribution in [0.2, 0.25) is 0 Å². The average molecular weight is 481 g/mol. The van der Waals surface area contributed by atoms with Crippen LogP contribution in [0.3, 0.4) is 0 Å². The summed E-state index contributed by atoms with van der Waals surface area (Å²) >= 11 is 0. The van der Waals surface area contributed by atoms with Crippen LogP contribution in [0.25, 0.3) is 22.0 Å². The van der Waals surface area contributed by atoms with Crippen molar-refractivity contribution in [3.05, 3.63) is 65.9 Å². The summed E-state index contributed by atoms with van der Waals surface area (Å²) in [5.74, 6) is 1.61. The summed E-state index contributed by atoms with van der Waals surface area (Å²) in [6.07, 6.45) is 4.81. The highest BCUT2D eigenvalue weighted by Crippen LogP contribution is 2.34. The van der Waals surface area contributed by atoms with Crippen LogP contribution in [0.4, 0.5) is 0 Å². The molecule has 1 aliphatic carbocycles. The van der Waals surface area contributed by atoms with Gasteiger partial charge in [-0.1, -0.05) is 36.4 Å². The Labute approximate surface area is 212 Å². The van der Waals surface area contributed by atoms with Crippen molar-refractivity contribution in [3.8, 4) is 11.1 Å². The first kappa shape index (κ1) is 22.9. The van der Waals surface area contributed by atoms with Crippen LogP contribution in [0, 0.1) is 18.8 Å². The molecular weight excluding hydrogens is 448 g/mol. The summed E-state index contributed by atoms with van der Waals surface area (Å²) in [5, 5.41) is 1.12. The van der Waals surface area contributed by atoms with Gasteiger partial charge in [-0.05, 0) is 74.8 Å². The molecule has 6 heteroatoms. The van der Waals surface area contributed by atoms with Crippen LogP contribution < -0.4 is 0 Å². The highest BCUT2D eigenvalue weighted by atomic mass is 16.2. The van der Waals surface area contributed by atoms with Gasteiger partial charge in [0.15, 0.2) is 0 Å². The largest absolute Gasteiger partial charge is 0.342 e. The maximum atomic E-state index is 13.4. The average Bonchev–Trinajstić information content (AvgIpc) is 3.58. The first-order valence-corrected chi connectivity index (χ1v) is 13.0. The van der Waals surface area contributed by atoms with Crippen LogP contribution >= 0.6 is 0 Å². The number of aliphatic imine (C=N–C) groups is 1. The van der Waals surface area contributed by atoms with E-state index in [1.54, 1.807) is 0 Å². The first-order valence-electron chi connectivity index (χ1n) is 13.0. The number of carbonyl (C=O) groups is 2. The first-order chi connectivity index (χ1) is 17.3. The smallest absolute Gasteiger partial charge is 0.255 e. The number of fused-ring (bicyclic) bond motifs is 1. The van der Waals surface area contributed by atoms with E-state index in [4.69, 9.17) is 4.99 Å². The fourth-order valence-corrected chi connectivity index (χ4v) is 5.54. The number of carbonyl (C=O) groups excluding carboxylic acids is 2. The summed E-state index contributed by atoms with van der Waals surface area (Å²) in [5.41, 5.74) is 4.49. The minimum absolute atomic E-state index is 0.0357. The molecule has 6 rings (SSSR count). The minimum Gasteiger partial charge on any atom is -0.342 e. The summed E-state index contributed by atoms with van der Waals surface area (Å²) in [6, 6.07) is 16.7. The third kappa shape index (κ3) is 4.08. The van der Waals surface area contributed by atoms with Gasteiger partial charge in [0.1, 0.15) is 11.4 Å².